The summed E-state index contributed by atoms with van der Waals surface area (Å²) in [5.74, 6) is 0.245. The molecule has 9 heteroatoms. The van der Waals surface area contributed by atoms with E-state index < -0.39 is 5.60 Å². The molecule has 3 rings (SSSR count). The molecule has 31 heavy (non-hydrogen) atoms. The van der Waals surface area contributed by atoms with Gasteiger partial charge in [0.15, 0.2) is 0 Å². The van der Waals surface area contributed by atoms with Crippen LogP contribution in [0.2, 0.25) is 5.02 Å². The Morgan fingerprint density at radius 3 is 2.58 bits per heavy atom. The molecular formula is C22H28ClN5O3. The average Bonchev–Trinajstić information content (AvgIpc) is 2.72. The smallest absolute Gasteiger partial charge is 0.341 e. The first kappa shape index (κ1) is 22.8. The maximum Gasteiger partial charge on any atom is 0.341 e. The van der Waals surface area contributed by atoms with Gasteiger partial charge in [0.2, 0.25) is 0 Å². The van der Waals surface area contributed by atoms with Gasteiger partial charge >= 0.3 is 6.03 Å². The lowest BCUT2D eigenvalue weighted by Gasteiger charge is -2.33. The number of urea groups is 1. The summed E-state index contributed by atoms with van der Waals surface area (Å²) in [5.41, 5.74) is 3.11. The molecule has 0 spiro atoms. The lowest BCUT2D eigenvalue weighted by Crippen LogP contribution is -2.48. The van der Waals surface area contributed by atoms with Crippen LogP contribution in [0.1, 0.15) is 44.0 Å². The van der Waals surface area contributed by atoms with E-state index in [1.165, 1.54) is 0 Å². The Bertz CT molecular complexity index is 923. The summed E-state index contributed by atoms with van der Waals surface area (Å²) in [4.78, 5) is 36.4. The van der Waals surface area contributed by atoms with E-state index in [1.54, 1.807) is 47.5 Å². The Morgan fingerprint density at radius 2 is 1.90 bits per heavy atom. The van der Waals surface area contributed by atoms with E-state index in [4.69, 9.17) is 16.4 Å². The molecule has 1 fully saturated rings. The van der Waals surface area contributed by atoms with Crippen molar-refractivity contribution in [1.29, 1.82) is 0 Å². The van der Waals surface area contributed by atoms with Gasteiger partial charge in [0.05, 0.1) is 11.2 Å². The number of nitrogens with zero attached hydrogens (tertiary/aromatic N) is 2. The highest BCUT2D eigenvalue weighted by Gasteiger charge is 2.25. The van der Waals surface area contributed by atoms with Gasteiger partial charge in [-0.3, -0.25) is 9.63 Å². The van der Waals surface area contributed by atoms with Crippen LogP contribution in [0.3, 0.4) is 0 Å². The van der Waals surface area contributed by atoms with E-state index in [-0.39, 0.29) is 18.0 Å². The van der Waals surface area contributed by atoms with Gasteiger partial charge in [0.1, 0.15) is 5.82 Å². The minimum atomic E-state index is -0.448. The quantitative estimate of drug-likeness (QED) is 0.596. The van der Waals surface area contributed by atoms with Gasteiger partial charge in [0.25, 0.3) is 5.91 Å². The monoisotopic (exact) mass is 445 g/mol. The molecule has 0 unspecified atom stereocenters. The van der Waals surface area contributed by atoms with Crippen LogP contribution in [0, 0.1) is 0 Å². The van der Waals surface area contributed by atoms with E-state index in [0.717, 1.165) is 12.8 Å². The minimum absolute atomic E-state index is 0.0974. The number of hydroxylamine groups is 1. The largest absolute Gasteiger partial charge is 0.367 e. The van der Waals surface area contributed by atoms with Gasteiger partial charge < -0.3 is 15.5 Å². The number of rotatable bonds is 5. The number of piperidine rings is 1. The van der Waals surface area contributed by atoms with Gasteiger partial charge in [-0.1, -0.05) is 17.7 Å². The predicted octanol–water partition coefficient (Wildman–Crippen LogP) is 4.30. The van der Waals surface area contributed by atoms with Crippen LogP contribution in [0.5, 0.6) is 0 Å². The molecule has 8 nitrogen and oxygen atoms in total. The van der Waals surface area contributed by atoms with Crippen molar-refractivity contribution in [2.24, 2.45) is 0 Å². The number of benzene rings is 1. The summed E-state index contributed by atoms with van der Waals surface area (Å²) in [6.07, 6.45) is 3.11. The number of nitrogens with one attached hydrogen (secondary N) is 3. The number of carbonyl (C=O) groups excluding carboxylic acids is 2. The van der Waals surface area contributed by atoms with Crippen LogP contribution in [-0.4, -0.2) is 46.6 Å². The highest BCUT2D eigenvalue weighted by Crippen LogP contribution is 2.21. The number of carbonyl (C=O) groups is 2. The van der Waals surface area contributed by atoms with Gasteiger partial charge in [-0.25, -0.2) is 15.3 Å². The Hall–Kier alpha value is -2.84. The summed E-state index contributed by atoms with van der Waals surface area (Å²) in [6.45, 7) is 6.77. The number of hydrogen-bond acceptors (Lipinski definition) is 5. The number of hydrogen-bond donors (Lipinski definition) is 3. The second kappa shape index (κ2) is 9.98. The fraction of sp³-hybridized carbons (Fsp3) is 0.409. The lowest BCUT2D eigenvalue weighted by atomic mass is 10.0. The predicted molar refractivity (Wildman–Crippen MR) is 121 cm³/mol. The first-order valence-corrected chi connectivity index (χ1v) is 10.6. The number of aromatic nitrogens is 1. The maximum atomic E-state index is 12.8. The average molecular weight is 446 g/mol. The number of likely N-dealkylation sites (tertiary alicyclic amines) is 1. The van der Waals surface area contributed by atoms with Crippen molar-refractivity contribution in [2.75, 3.05) is 23.7 Å². The van der Waals surface area contributed by atoms with Gasteiger partial charge in [-0.05, 0) is 63.9 Å². The van der Waals surface area contributed by atoms with Crippen molar-refractivity contribution in [3.05, 3.63) is 53.2 Å². The molecule has 1 aromatic carbocycles. The highest BCUT2D eigenvalue weighted by molar-refractivity contribution is 6.31. The summed E-state index contributed by atoms with van der Waals surface area (Å²) in [5, 5.41) is 6.75. The zero-order valence-corrected chi connectivity index (χ0v) is 18.7. The summed E-state index contributed by atoms with van der Waals surface area (Å²) in [7, 11) is 0. The molecule has 0 atom stereocenters. The van der Waals surface area contributed by atoms with E-state index in [9.17, 15) is 9.59 Å². The summed E-state index contributed by atoms with van der Waals surface area (Å²) in [6, 6.07) is 10.3. The molecule has 2 aromatic rings. The number of amides is 3. The number of halogens is 1. The van der Waals surface area contributed by atoms with Crippen LogP contribution >= 0.6 is 11.6 Å². The molecule has 2 heterocycles. The first-order chi connectivity index (χ1) is 14.7. The molecule has 166 valence electrons. The molecule has 3 N–H and O–H groups in total. The van der Waals surface area contributed by atoms with Crippen molar-refractivity contribution in [3.63, 3.8) is 0 Å². The van der Waals surface area contributed by atoms with Crippen molar-refractivity contribution in [3.8, 4) is 0 Å². The maximum absolute atomic E-state index is 12.8. The lowest BCUT2D eigenvalue weighted by molar-refractivity contribution is -0.0590. The van der Waals surface area contributed by atoms with E-state index >= 15 is 0 Å². The van der Waals surface area contributed by atoms with Crippen molar-refractivity contribution in [2.45, 2.75) is 45.3 Å². The third-order valence-electron chi connectivity index (χ3n) is 4.70. The number of pyridine rings is 1. The molecule has 0 aliphatic carbocycles. The van der Waals surface area contributed by atoms with E-state index in [2.05, 4.69) is 21.1 Å². The second-order valence-corrected chi connectivity index (χ2v) is 8.83. The zero-order chi connectivity index (χ0) is 22.4. The Balaban J connectivity index is 1.57. The first-order valence-electron chi connectivity index (χ1n) is 10.2. The summed E-state index contributed by atoms with van der Waals surface area (Å²) < 4.78 is 0. The fourth-order valence-electron chi connectivity index (χ4n) is 3.15. The molecule has 0 bridgehead atoms. The molecular weight excluding hydrogens is 418 g/mol. The van der Waals surface area contributed by atoms with Crippen LogP contribution in [-0.2, 0) is 4.84 Å². The fourth-order valence-corrected chi connectivity index (χ4v) is 3.34. The highest BCUT2D eigenvalue weighted by atomic mass is 35.5. The van der Waals surface area contributed by atoms with Gasteiger partial charge in [0, 0.05) is 36.0 Å². The van der Waals surface area contributed by atoms with E-state index in [1.807, 2.05) is 20.8 Å². The van der Waals surface area contributed by atoms with Crippen molar-refractivity contribution in [1.82, 2.24) is 15.4 Å². The molecule has 3 amide bonds. The van der Waals surface area contributed by atoms with Crippen LogP contribution in [0.4, 0.5) is 16.3 Å². The van der Waals surface area contributed by atoms with Crippen molar-refractivity contribution < 1.29 is 14.4 Å². The van der Waals surface area contributed by atoms with Crippen molar-refractivity contribution >= 4 is 35.0 Å². The number of anilines is 2. The third kappa shape index (κ3) is 6.83. The molecule has 0 saturated carbocycles. The molecule has 1 aliphatic rings. The molecule has 0 radical (unpaired) electrons. The van der Waals surface area contributed by atoms with Crippen LogP contribution in [0.25, 0.3) is 0 Å². The topological polar surface area (TPSA) is 95.6 Å². The van der Waals surface area contributed by atoms with Crippen LogP contribution < -0.4 is 16.1 Å². The zero-order valence-electron chi connectivity index (χ0n) is 17.9. The minimum Gasteiger partial charge on any atom is -0.367 e. The van der Waals surface area contributed by atoms with Gasteiger partial charge in [-0.2, -0.15) is 0 Å². The van der Waals surface area contributed by atoms with E-state index in [0.29, 0.717) is 35.2 Å². The molecule has 1 aliphatic heterocycles. The van der Waals surface area contributed by atoms with Crippen LogP contribution in [0.15, 0.2) is 42.6 Å². The summed E-state index contributed by atoms with van der Waals surface area (Å²) >= 11 is 5.99. The Morgan fingerprint density at radius 1 is 1.16 bits per heavy atom. The Kier molecular flexibility index (Phi) is 7.35. The SMILES string of the molecule is CC(C)(C)ONC(=O)N1CCC(Nc2ncccc2C(=O)Nc2cccc(Cl)c2)CC1. The van der Waals surface area contributed by atoms with Gasteiger partial charge in [-0.15, -0.1) is 0 Å². The third-order valence-corrected chi connectivity index (χ3v) is 4.94. The standard InChI is InChI=1S/C22H28ClN5O3/c1-22(2,3)31-27-21(30)28-12-9-16(10-13-28)25-19-18(8-5-11-24-19)20(29)26-17-7-4-6-15(23)14-17/h4-8,11,14,16H,9-10,12-13H2,1-3H3,(H,24,25)(H,26,29)(H,27,30). The second-order valence-electron chi connectivity index (χ2n) is 8.39. The normalized spacial score (nSPS) is 14.8. The molecule has 1 aromatic heterocycles. The molecule has 1 saturated heterocycles. The Labute approximate surface area is 187 Å².